The highest BCUT2D eigenvalue weighted by Crippen LogP contribution is 2.38. The molecule has 0 unspecified atom stereocenters. The molecule has 8 heteroatoms. The number of carbonyl (C=O) groups is 3. The maximum absolute atomic E-state index is 13.1. The van der Waals surface area contributed by atoms with Crippen LogP contribution < -0.4 is 14.4 Å². The smallest absolute Gasteiger partial charge is 0.223 e. The number of allylic oxidation sites excluding steroid dienone is 2. The largest absolute Gasteiger partial charge is 0.496 e. The van der Waals surface area contributed by atoms with Crippen LogP contribution in [0.2, 0.25) is 0 Å². The van der Waals surface area contributed by atoms with Gasteiger partial charge in [-0.05, 0) is 24.3 Å². The van der Waals surface area contributed by atoms with E-state index in [0.717, 1.165) is 13.1 Å². The Balaban J connectivity index is 1.34. The van der Waals surface area contributed by atoms with Gasteiger partial charge in [-0.1, -0.05) is 18.2 Å². The van der Waals surface area contributed by atoms with Gasteiger partial charge >= 0.3 is 0 Å². The van der Waals surface area contributed by atoms with Gasteiger partial charge in [0.25, 0.3) is 0 Å². The van der Waals surface area contributed by atoms with Gasteiger partial charge in [0.2, 0.25) is 11.7 Å². The number of anilines is 1. The van der Waals surface area contributed by atoms with E-state index in [1.807, 2.05) is 23.1 Å². The molecule has 0 spiro atoms. The maximum Gasteiger partial charge on any atom is 0.223 e. The van der Waals surface area contributed by atoms with Crippen LogP contribution in [0.4, 0.5) is 5.69 Å². The molecule has 1 amide bonds. The quantitative estimate of drug-likeness (QED) is 0.619. The van der Waals surface area contributed by atoms with Crippen molar-refractivity contribution in [2.24, 2.45) is 0 Å². The summed E-state index contributed by atoms with van der Waals surface area (Å²) >= 11 is 1.23. The van der Waals surface area contributed by atoms with Gasteiger partial charge in [-0.3, -0.25) is 14.4 Å². The zero-order valence-electron chi connectivity index (χ0n) is 18.7. The lowest BCUT2D eigenvalue weighted by atomic mass is 9.93. The van der Waals surface area contributed by atoms with Crippen LogP contribution in [-0.2, 0) is 4.79 Å². The first-order valence-electron chi connectivity index (χ1n) is 10.8. The minimum absolute atomic E-state index is 0.0602. The summed E-state index contributed by atoms with van der Waals surface area (Å²) in [7, 11) is 2.92. The third kappa shape index (κ3) is 4.75. The maximum atomic E-state index is 13.1. The van der Waals surface area contributed by atoms with E-state index in [0.29, 0.717) is 41.7 Å². The van der Waals surface area contributed by atoms with Crippen molar-refractivity contribution in [1.29, 1.82) is 0 Å². The summed E-state index contributed by atoms with van der Waals surface area (Å²) in [4.78, 5) is 43.0. The van der Waals surface area contributed by atoms with Crippen molar-refractivity contribution in [2.45, 2.75) is 6.42 Å². The van der Waals surface area contributed by atoms with E-state index in [1.54, 1.807) is 12.1 Å². The molecule has 1 heterocycles. The van der Waals surface area contributed by atoms with Gasteiger partial charge in [0.15, 0.2) is 5.78 Å². The molecule has 7 nitrogen and oxygen atoms in total. The number of fused-ring (bicyclic) bond motifs is 1. The summed E-state index contributed by atoms with van der Waals surface area (Å²) in [6.45, 7) is 2.92. The number of hydrogen-bond donors (Lipinski definition) is 0. The van der Waals surface area contributed by atoms with Gasteiger partial charge in [0.05, 0.1) is 30.3 Å². The van der Waals surface area contributed by atoms with E-state index < -0.39 is 0 Å². The average Bonchev–Trinajstić information content (AvgIpc) is 2.86. The molecule has 1 aliphatic heterocycles. The number of hydrogen-bond acceptors (Lipinski definition) is 7. The Hall–Kier alpha value is -3.26. The minimum atomic E-state index is -0.300. The zero-order chi connectivity index (χ0) is 23.4. The number of rotatable bonds is 7. The summed E-state index contributed by atoms with van der Waals surface area (Å²) < 4.78 is 10.6. The Morgan fingerprint density at radius 3 is 2.18 bits per heavy atom. The number of amides is 1. The van der Waals surface area contributed by atoms with Crippen molar-refractivity contribution in [1.82, 2.24) is 4.90 Å². The van der Waals surface area contributed by atoms with Crippen LogP contribution in [0, 0.1) is 0 Å². The van der Waals surface area contributed by atoms with Crippen molar-refractivity contribution >= 4 is 34.9 Å². The van der Waals surface area contributed by atoms with Crippen molar-refractivity contribution in [3.63, 3.8) is 0 Å². The molecule has 1 saturated heterocycles. The molecule has 0 bridgehead atoms. The Labute approximate surface area is 197 Å². The predicted octanol–water partition coefficient (Wildman–Crippen LogP) is 3.44. The van der Waals surface area contributed by atoms with Gasteiger partial charge in [-0.15, -0.1) is 11.8 Å². The molecule has 2 aromatic rings. The first kappa shape index (κ1) is 22.9. The first-order chi connectivity index (χ1) is 16.0. The summed E-state index contributed by atoms with van der Waals surface area (Å²) in [5, 5.41) is 0. The number of thioether (sulfide) groups is 1. The van der Waals surface area contributed by atoms with Crippen LogP contribution in [0.25, 0.3) is 0 Å². The van der Waals surface area contributed by atoms with E-state index >= 15 is 0 Å². The third-order valence-corrected chi connectivity index (χ3v) is 6.88. The number of ether oxygens (including phenoxy) is 2. The van der Waals surface area contributed by atoms with Gasteiger partial charge < -0.3 is 19.3 Å². The van der Waals surface area contributed by atoms with Crippen molar-refractivity contribution in [3.05, 3.63) is 64.6 Å². The van der Waals surface area contributed by atoms with Gasteiger partial charge in [-0.25, -0.2) is 0 Å². The van der Waals surface area contributed by atoms with E-state index in [4.69, 9.17) is 9.47 Å². The second-order valence-corrected chi connectivity index (χ2v) is 8.86. The van der Waals surface area contributed by atoms with Gasteiger partial charge in [0, 0.05) is 50.1 Å². The van der Waals surface area contributed by atoms with E-state index in [9.17, 15) is 14.4 Å². The Morgan fingerprint density at radius 2 is 1.55 bits per heavy atom. The van der Waals surface area contributed by atoms with Crippen molar-refractivity contribution in [3.8, 4) is 11.5 Å². The number of methoxy groups -OCH3 is 2. The van der Waals surface area contributed by atoms with Crippen LogP contribution in [0.3, 0.4) is 0 Å². The molecule has 0 atom stereocenters. The van der Waals surface area contributed by atoms with Crippen LogP contribution in [0.1, 0.15) is 27.1 Å². The minimum Gasteiger partial charge on any atom is -0.496 e. The lowest BCUT2D eigenvalue weighted by Gasteiger charge is -2.36. The monoisotopic (exact) mass is 466 g/mol. The fourth-order valence-corrected chi connectivity index (χ4v) is 5.04. The summed E-state index contributed by atoms with van der Waals surface area (Å²) in [6, 6.07) is 13.4. The first-order valence-corrected chi connectivity index (χ1v) is 11.8. The number of benzene rings is 2. The molecule has 1 aliphatic carbocycles. The standard InChI is InChI=1S/C25H26N2O5S/c1-31-19-8-9-20(32-2)24-23(19)18(28)16-21(25(24)30)33-15-10-22(29)27-13-11-26(12-14-27)17-6-4-3-5-7-17/h3-9,16H,10-15H2,1-2H3. The lowest BCUT2D eigenvalue weighted by Crippen LogP contribution is -2.48. The number of carbonyl (C=O) groups excluding carboxylic acids is 3. The molecule has 33 heavy (non-hydrogen) atoms. The molecular weight excluding hydrogens is 440 g/mol. The Bertz CT molecular complexity index is 1090. The summed E-state index contributed by atoms with van der Waals surface area (Å²) in [5.41, 5.74) is 1.61. The average molecular weight is 467 g/mol. The molecule has 2 aliphatic rings. The number of para-hydroxylation sites is 1. The highest BCUT2D eigenvalue weighted by Gasteiger charge is 2.32. The lowest BCUT2D eigenvalue weighted by molar-refractivity contribution is -0.131. The van der Waals surface area contributed by atoms with E-state index in [1.165, 1.54) is 37.7 Å². The van der Waals surface area contributed by atoms with Crippen molar-refractivity contribution < 1.29 is 23.9 Å². The number of nitrogens with zero attached hydrogens (tertiary/aromatic N) is 2. The van der Waals surface area contributed by atoms with E-state index in [-0.39, 0.29) is 28.6 Å². The molecule has 0 saturated carbocycles. The molecule has 0 aromatic heterocycles. The SMILES string of the molecule is COc1ccc(OC)c2c1C(=O)C=C(SCCC(=O)N1CCN(c3ccccc3)CC1)C2=O. The van der Waals surface area contributed by atoms with Crippen molar-refractivity contribution in [2.75, 3.05) is 51.1 Å². The predicted molar refractivity (Wildman–Crippen MR) is 129 cm³/mol. The van der Waals surface area contributed by atoms with Gasteiger partial charge in [0.1, 0.15) is 11.5 Å². The topological polar surface area (TPSA) is 76.2 Å². The summed E-state index contributed by atoms with van der Waals surface area (Å²) in [5.74, 6) is 0.576. The normalized spacial score (nSPS) is 15.8. The molecule has 0 N–H and O–H groups in total. The van der Waals surface area contributed by atoms with Crippen LogP contribution >= 0.6 is 11.8 Å². The fraction of sp³-hybridized carbons (Fsp3) is 0.320. The Kier molecular flexibility index (Phi) is 7.03. The second kappa shape index (κ2) is 10.1. The van der Waals surface area contributed by atoms with E-state index in [2.05, 4.69) is 17.0 Å². The Morgan fingerprint density at radius 1 is 0.909 bits per heavy atom. The third-order valence-electron chi connectivity index (χ3n) is 5.86. The van der Waals surface area contributed by atoms with Crippen LogP contribution in [-0.4, -0.2) is 68.5 Å². The molecule has 172 valence electrons. The highest BCUT2D eigenvalue weighted by molar-refractivity contribution is 8.04. The van der Waals surface area contributed by atoms with Gasteiger partial charge in [-0.2, -0.15) is 0 Å². The molecule has 2 aromatic carbocycles. The molecule has 4 rings (SSSR count). The number of ketones is 2. The van der Waals surface area contributed by atoms with Crippen LogP contribution in [0.5, 0.6) is 11.5 Å². The highest BCUT2D eigenvalue weighted by atomic mass is 32.2. The molecule has 1 fully saturated rings. The molecular formula is C25H26N2O5S. The summed E-state index contributed by atoms with van der Waals surface area (Å²) in [6.07, 6.45) is 1.64. The zero-order valence-corrected chi connectivity index (χ0v) is 19.5. The fourth-order valence-electron chi connectivity index (χ4n) is 4.12. The number of Topliss-reactive ketones (excluding diaryl/α,β-unsaturated/α-hetero) is 1. The van der Waals surface area contributed by atoms with Crippen LogP contribution in [0.15, 0.2) is 53.4 Å². The molecule has 0 radical (unpaired) electrons. The second-order valence-electron chi connectivity index (χ2n) is 7.72. The number of piperazine rings is 1.